The molecule has 0 fully saturated rings. The van der Waals surface area contributed by atoms with Gasteiger partial charge in [-0.1, -0.05) is 68.4 Å². The van der Waals surface area contributed by atoms with Crippen LogP contribution in [0.4, 0.5) is 21.6 Å². The fourth-order valence-electron chi connectivity index (χ4n) is 4.48. The molecule has 3 aromatic carbocycles. The van der Waals surface area contributed by atoms with Gasteiger partial charge in [-0.25, -0.2) is 14.5 Å². The first kappa shape index (κ1) is 25.1. The predicted molar refractivity (Wildman–Crippen MR) is 150 cm³/mol. The molecule has 2 heterocycles. The zero-order chi connectivity index (χ0) is 26.5. The fourth-order valence-corrected chi connectivity index (χ4v) is 4.48. The lowest BCUT2D eigenvalue weighted by Gasteiger charge is -2.27. The standard InChI is InChI=1S/C30H30FN7/c1-20(2)18-38(19-22-9-5-4-6-10-22)29-17-24(32-27-14-13-23(31)15-21(27)3)16-28(33-29)25-11-7-8-12-26(25)30-34-36-37-35-30/h4-17,20H,18-19H2,1-3H3,(H,32,33)(H,34,35,36,37). The number of nitrogens with one attached hydrogen (secondary N) is 2. The second-order valence-electron chi connectivity index (χ2n) is 9.74. The molecule has 0 aliphatic rings. The molecule has 0 spiro atoms. The van der Waals surface area contributed by atoms with Gasteiger partial charge < -0.3 is 10.2 Å². The number of nitrogens with zero attached hydrogens (tertiary/aromatic N) is 5. The summed E-state index contributed by atoms with van der Waals surface area (Å²) in [6.07, 6.45) is 0. The number of aryl methyl sites for hydroxylation is 1. The minimum absolute atomic E-state index is 0.260. The largest absolute Gasteiger partial charge is 0.355 e. The third-order valence-corrected chi connectivity index (χ3v) is 6.21. The monoisotopic (exact) mass is 507 g/mol. The van der Waals surface area contributed by atoms with Gasteiger partial charge >= 0.3 is 0 Å². The van der Waals surface area contributed by atoms with E-state index < -0.39 is 0 Å². The number of pyridine rings is 1. The maximum Gasteiger partial charge on any atom is 0.180 e. The van der Waals surface area contributed by atoms with Gasteiger partial charge in [0, 0.05) is 41.7 Å². The van der Waals surface area contributed by atoms with Gasteiger partial charge in [0.1, 0.15) is 11.6 Å². The molecule has 8 heteroatoms. The van der Waals surface area contributed by atoms with Gasteiger partial charge in [-0.2, -0.15) is 0 Å². The molecule has 0 saturated heterocycles. The van der Waals surface area contributed by atoms with Gasteiger partial charge in [-0.15, -0.1) is 5.10 Å². The molecule has 0 atom stereocenters. The van der Waals surface area contributed by atoms with Crippen molar-refractivity contribution in [1.29, 1.82) is 0 Å². The SMILES string of the molecule is Cc1cc(F)ccc1Nc1cc(-c2ccccc2-c2nnn[nH]2)nc(N(Cc2ccccc2)CC(C)C)c1. The van der Waals surface area contributed by atoms with E-state index >= 15 is 0 Å². The van der Waals surface area contributed by atoms with Crippen LogP contribution < -0.4 is 10.2 Å². The molecular weight excluding hydrogens is 477 g/mol. The Morgan fingerprint density at radius 1 is 0.921 bits per heavy atom. The number of aromatic amines is 1. The first-order chi connectivity index (χ1) is 18.5. The Labute approximate surface area is 221 Å². The van der Waals surface area contributed by atoms with Crippen molar-refractivity contribution in [3.63, 3.8) is 0 Å². The summed E-state index contributed by atoms with van der Waals surface area (Å²) in [5, 5.41) is 18.0. The Morgan fingerprint density at radius 2 is 1.68 bits per heavy atom. The number of rotatable bonds is 9. The predicted octanol–water partition coefficient (Wildman–Crippen LogP) is 6.78. The van der Waals surface area contributed by atoms with Gasteiger partial charge in [0.15, 0.2) is 5.82 Å². The number of anilines is 3. The van der Waals surface area contributed by atoms with E-state index in [9.17, 15) is 4.39 Å². The maximum atomic E-state index is 13.8. The average molecular weight is 508 g/mol. The highest BCUT2D eigenvalue weighted by atomic mass is 19.1. The summed E-state index contributed by atoms with van der Waals surface area (Å²) < 4.78 is 13.8. The zero-order valence-corrected chi connectivity index (χ0v) is 21.7. The molecule has 0 unspecified atom stereocenters. The molecule has 0 aliphatic heterocycles. The molecule has 2 aromatic heterocycles. The van der Waals surface area contributed by atoms with Crippen LogP contribution in [-0.4, -0.2) is 32.2 Å². The van der Waals surface area contributed by atoms with Crippen molar-refractivity contribution in [3.05, 3.63) is 102 Å². The van der Waals surface area contributed by atoms with Crippen LogP contribution in [0.1, 0.15) is 25.0 Å². The minimum Gasteiger partial charge on any atom is -0.355 e. The second kappa shape index (κ2) is 11.2. The summed E-state index contributed by atoms with van der Waals surface area (Å²) in [5.74, 6) is 1.57. The molecule has 192 valence electrons. The first-order valence-electron chi connectivity index (χ1n) is 12.6. The number of tetrazole rings is 1. The van der Waals surface area contributed by atoms with Gasteiger partial charge in [-0.3, -0.25) is 0 Å². The third kappa shape index (κ3) is 5.86. The molecule has 5 aromatic rings. The molecule has 0 saturated carbocycles. The minimum atomic E-state index is -0.260. The summed E-state index contributed by atoms with van der Waals surface area (Å²) >= 11 is 0. The van der Waals surface area contributed by atoms with Crippen molar-refractivity contribution in [2.75, 3.05) is 16.8 Å². The Hall–Kier alpha value is -4.59. The van der Waals surface area contributed by atoms with Crippen molar-refractivity contribution in [2.24, 2.45) is 5.92 Å². The average Bonchev–Trinajstić information content (AvgIpc) is 3.45. The summed E-state index contributed by atoms with van der Waals surface area (Å²) in [4.78, 5) is 7.44. The molecular formula is C30H30FN7. The Kier molecular flexibility index (Phi) is 7.40. The van der Waals surface area contributed by atoms with Crippen molar-refractivity contribution in [1.82, 2.24) is 25.6 Å². The van der Waals surface area contributed by atoms with Crippen molar-refractivity contribution in [2.45, 2.75) is 27.3 Å². The summed E-state index contributed by atoms with van der Waals surface area (Å²) in [5.41, 5.74) is 6.24. The summed E-state index contributed by atoms with van der Waals surface area (Å²) in [6, 6.07) is 27.1. The van der Waals surface area contributed by atoms with Gasteiger partial charge in [0.25, 0.3) is 0 Å². The van der Waals surface area contributed by atoms with Crippen molar-refractivity contribution < 1.29 is 4.39 Å². The van der Waals surface area contributed by atoms with E-state index in [-0.39, 0.29) is 5.82 Å². The topological polar surface area (TPSA) is 82.6 Å². The van der Waals surface area contributed by atoms with E-state index in [1.165, 1.54) is 17.7 Å². The van der Waals surface area contributed by atoms with Crippen LogP contribution >= 0.6 is 0 Å². The number of H-pyrrole nitrogens is 1. The van der Waals surface area contributed by atoms with E-state index in [4.69, 9.17) is 4.98 Å². The van der Waals surface area contributed by atoms with Crippen LogP contribution in [0.25, 0.3) is 22.6 Å². The van der Waals surface area contributed by atoms with Crippen LogP contribution in [-0.2, 0) is 6.54 Å². The highest BCUT2D eigenvalue weighted by Gasteiger charge is 2.17. The van der Waals surface area contributed by atoms with Crippen LogP contribution in [0, 0.1) is 18.7 Å². The fraction of sp³-hybridized carbons (Fsp3) is 0.200. The van der Waals surface area contributed by atoms with E-state index in [2.05, 4.69) is 75.0 Å². The van der Waals surface area contributed by atoms with Crippen LogP contribution in [0.3, 0.4) is 0 Å². The molecule has 38 heavy (non-hydrogen) atoms. The van der Waals surface area contributed by atoms with E-state index in [1.54, 1.807) is 6.07 Å². The normalized spacial score (nSPS) is 11.1. The quantitative estimate of drug-likeness (QED) is 0.229. The molecule has 5 rings (SSSR count). The molecule has 0 radical (unpaired) electrons. The number of hydrogen-bond acceptors (Lipinski definition) is 6. The van der Waals surface area contributed by atoms with E-state index in [0.717, 1.165) is 52.7 Å². The Bertz CT molecular complexity index is 1500. The number of benzene rings is 3. The lowest BCUT2D eigenvalue weighted by molar-refractivity contribution is 0.605. The second-order valence-corrected chi connectivity index (χ2v) is 9.74. The Morgan fingerprint density at radius 3 is 2.39 bits per heavy atom. The lowest BCUT2D eigenvalue weighted by Crippen LogP contribution is -2.28. The maximum absolute atomic E-state index is 13.8. The highest BCUT2D eigenvalue weighted by molar-refractivity contribution is 5.81. The van der Waals surface area contributed by atoms with Crippen LogP contribution in [0.15, 0.2) is 84.9 Å². The number of halogens is 1. The Balaban J connectivity index is 1.63. The van der Waals surface area contributed by atoms with Crippen LogP contribution in [0.5, 0.6) is 0 Å². The molecule has 0 bridgehead atoms. The smallest absolute Gasteiger partial charge is 0.180 e. The lowest BCUT2D eigenvalue weighted by atomic mass is 10.0. The van der Waals surface area contributed by atoms with Crippen molar-refractivity contribution >= 4 is 17.2 Å². The van der Waals surface area contributed by atoms with Gasteiger partial charge in [0.2, 0.25) is 0 Å². The van der Waals surface area contributed by atoms with Gasteiger partial charge in [-0.05, 0) is 58.7 Å². The van der Waals surface area contributed by atoms with Gasteiger partial charge in [0.05, 0.1) is 5.69 Å². The van der Waals surface area contributed by atoms with Crippen molar-refractivity contribution in [3.8, 4) is 22.6 Å². The zero-order valence-electron chi connectivity index (χ0n) is 21.7. The summed E-state index contributed by atoms with van der Waals surface area (Å²) in [7, 11) is 0. The molecule has 0 amide bonds. The number of aromatic nitrogens is 5. The summed E-state index contributed by atoms with van der Waals surface area (Å²) in [6.45, 7) is 7.84. The molecule has 0 aliphatic carbocycles. The van der Waals surface area contributed by atoms with E-state index in [1.807, 2.05) is 43.3 Å². The number of hydrogen-bond donors (Lipinski definition) is 2. The first-order valence-corrected chi connectivity index (χ1v) is 12.6. The molecule has 7 nitrogen and oxygen atoms in total. The van der Waals surface area contributed by atoms with E-state index in [0.29, 0.717) is 11.7 Å². The highest BCUT2D eigenvalue weighted by Crippen LogP contribution is 2.34. The molecule has 2 N–H and O–H groups in total. The van der Waals surface area contributed by atoms with Crippen LogP contribution in [0.2, 0.25) is 0 Å². The third-order valence-electron chi connectivity index (χ3n) is 6.21.